The first-order valence-electron chi connectivity index (χ1n) is 6.07. The first kappa shape index (κ1) is 19.1. The van der Waals surface area contributed by atoms with E-state index < -0.39 is 34.3 Å². The molecule has 0 saturated carbocycles. The van der Waals surface area contributed by atoms with E-state index in [0.717, 1.165) is 0 Å². The van der Waals surface area contributed by atoms with Crippen molar-refractivity contribution in [3.05, 3.63) is 0 Å². The smallest absolute Gasteiger partial charge is 0.421 e. The molecule has 1 amide bonds. The summed E-state index contributed by atoms with van der Waals surface area (Å²) in [6.07, 6.45) is -1.25. The fourth-order valence-electron chi connectivity index (χ4n) is 1.10. The average Bonchev–Trinajstić information content (AvgIpc) is 2.36. The third-order valence-corrected chi connectivity index (χ3v) is 2.79. The molecule has 0 aromatic carbocycles. The molecule has 11 heteroatoms. The van der Waals surface area contributed by atoms with Crippen LogP contribution in [0.15, 0.2) is 0 Å². The van der Waals surface area contributed by atoms with Crippen LogP contribution in [0, 0.1) is 0 Å². The zero-order valence-corrected chi connectivity index (χ0v) is 12.7. The minimum atomic E-state index is -4.51. The van der Waals surface area contributed by atoms with Gasteiger partial charge >= 0.3 is 28.2 Å². The molecule has 0 saturated heterocycles. The number of carbonyl (C=O) groups is 3. The van der Waals surface area contributed by atoms with Gasteiger partial charge in [0.05, 0.1) is 19.8 Å². The van der Waals surface area contributed by atoms with Gasteiger partial charge in [-0.3, -0.25) is 0 Å². The van der Waals surface area contributed by atoms with Crippen LogP contribution in [0.4, 0.5) is 4.79 Å². The second-order valence-corrected chi connectivity index (χ2v) is 4.83. The quantitative estimate of drug-likeness (QED) is 0.331. The topological polar surface area (TPSA) is 137 Å². The van der Waals surface area contributed by atoms with Crippen LogP contribution < -0.4 is 9.44 Å². The maximum Gasteiger partial charge on any atom is 0.421 e. The largest absolute Gasteiger partial charge is 0.464 e. The first-order chi connectivity index (χ1) is 9.77. The van der Waals surface area contributed by atoms with Gasteiger partial charge in [-0.2, -0.15) is 13.1 Å². The van der Waals surface area contributed by atoms with E-state index in [4.69, 9.17) is 0 Å². The number of amides is 1. The number of rotatable bonds is 8. The van der Waals surface area contributed by atoms with Gasteiger partial charge in [-0.05, 0) is 20.8 Å². The Morgan fingerprint density at radius 3 is 1.71 bits per heavy atom. The van der Waals surface area contributed by atoms with Gasteiger partial charge in [0.15, 0.2) is 0 Å². The molecular weight excluding hydrogens is 308 g/mol. The van der Waals surface area contributed by atoms with E-state index >= 15 is 0 Å². The molecule has 21 heavy (non-hydrogen) atoms. The zero-order chi connectivity index (χ0) is 16.5. The van der Waals surface area contributed by atoms with Crippen molar-refractivity contribution < 1.29 is 37.0 Å². The Bertz CT molecular complexity index is 457. The molecular formula is C10H18N2O8S. The lowest BCUT2D eigenvalue weighted by atomic mass is 10.3. The van der Waals surface area contributed by atoms with Crippen molar-refractivity contribution >= 4 is 28.2 Å². The van der Waals surface area contributed by atoms with Gasteiger partial charge in [-0.15, -0.1) is 0 Å². The average molecular weight is 326 g/mol. The van der Waals surface area contributed by atoms with Crippen LogP contribution in [-0.2, 0) is 34.0 Å². The van der Waals surface area contributed by atoms with Crippen molar-refractivity contribution in [2.24, 2.45) is 0 Å². The molecule has 10 nitrogen and oxygen atoms in total. The summed E-state index contributed by atoms with van der Waals surface area (Å²) in [4.78, 5) is 34.2. The van der Waals surface area contributed by atoms with Crippen LogP contribution in [0.5, 0.6) is 0 Å². The molecule has 0 aromatic heterocycles. The number of hydrogen-bond donors (Lipinski definition) is 2. The van der Waals surface area contributed by atoms with Crippen molar-refractivity contribution in [3.63, 3.8) is 0 Å². The Kier molecular flexibility index (Phi) is 8.31. The van der Waals surface area contributed by atoms with Crippen LogP contribution in [-0.4, -0.2) is 52.3 Å². The van der Waals surface area contributed by atoms with Gasteiger partial charge in [-0.1, -0.05) is 0 Å². The minimum Gasteiger partial charge on any atom is -0.464 e. The Labute approximate surface area is 122 Å². The predicted octanol–water partition coefficient (Wildman–Crippen LogP) is -0.938. The van der Waals surface area contributed by atoms with E-state index in [-0.39, 0.29) is 19.8 Å². The summed E-state index contributed by atoms with van der Waals surface area (Å²) in [6.45, 7) is 4.24. The predicted molar refractivity (Wildman–Crippen MR) is 69.3 cm³/mol. The lowest BCUT2D eigenvalue weighted by Gasteiger charge is -2.16. The number of hydrogen-bond acceptors (Lipinski definition) is 8. The summed E-state index contributed by atoms with van der Waals surface area (Å²) >= 11 is 0. The van der Waals surface area contributed by atoms with Crippen LogP contribution in [0.3, 0.4) is 0 Å². The molecule has 0 rings (SSSR count). The summed E-state index contributed by atoms with van der Waals surface area (Å²) in [5, 5.41) is 0. The highest BCUT2D eigenvalue weighted by Crippen LogP contribution is 1.97. The number of nitrogens with one attached hydrogen (secondary N) is 2. The lowest BCUT2D eigenvalue weighted by Crippen LogP contribution is -2.52. The van der Waals surface area contributed by atoms with Crippen LogP contribution in [0.2, 0.25) is 0 Å². The van der Waals surface area contributed by atoms with E-state index in [1.165, 1.54) is 25.5 Å². The van der Waals surface area contributed by atoms with Crippen molar-refractivity contribution in [1.82, 2.24) is 9.44 Å². The molecule has 122 valence electrons. The monoisotopic (exact) mass is 326 g/mol. The number of ether oxygens (including phenoxy) is 3. The Balaban J connectivity index is 4.98. The fourth-order valence-corrected chi connectivity index (χ4v) is 1.94. The maximum absolute atomic E-state index is 11.6. The van der Waals surface area contributed by atoms with Crippen molar-refractivity contribution in [3.8, 4) is 0 Å². The molecule has 0 aromatic rings. The summed E-state index contributed by atoms with van der Waals surface area (Å²) in [5.41, 5.74) is 0. The highest BCUT2D eigenvalue weighted by molar-refractivity contribution is 7.88. The summed E-state index contributed by atoms with van der Waals surface area (Å²) in [6, 6.07) is -1.92. The molecule has 0 aliphatic carbocycles. The van der Waals surface area contributed by atoms with E-state index in [2.05, 4.69) is 14.2 Å². The van der Waals surface area contributed by atoms with Crippen LogP contribution in [0.25, 0.3) is 0 Å². The van der Waals surface area contributed by atoms with Crippen molar-refractivity contribution in [2.75, 3.05) is 19.8 Å². The number of esters is 2. The van der Waals surface area contributed by atoms with Crippen molar-refractivity contribution in [1.29, 1.82) is 0 Å². The van der Waals surface area contributed by atoms with E-state index in [1.807, 2.05) is 0 Å². The lowest BCUT2D eigenvalue weighted by molar-refractivity contribution is -0.157. The van der Waals surface area contributed by atoms with Gasteiger partial charge in [0, 0.05) is 0 Å². The molecule has 2 N–H and O–H groups in total. The normalized spacial score (nSPS) is 10.9. The van der Waals surface area contributed by atoms with Gasteiger partial charge < -0.3 is 14.2 Å². The molecule has 0 heterocycles. The molecule has 0 spiro atoms. The molecule has 0 atom stereocenters. The Morgan fingerprint density at radius 2 is 1.33 bits per heavy atom. The van der Waals surface area contributed by atoms with E-state index in [9.17, 15) is 22.8 Å². The SMILES string of the molecule is CCOC(=O)NS(=O)(=O)NC(C(=O)OCC)C(=O)OCC. The molecule has 0 aliphatic rings. The molecule has 0 fully saturated rings. The molecule has 0 unspecified atom stereocenters. The molecule has 0 bridgehead atoms. The second-order valence-electron chi connectivity index (χ2n) is 3.38. The van der Waals surface area contributed by atoms with E-state index in [0.29, 0.717) is 0 Å². The van der Waals surface area contributed by atoms with Gasteiger partial charge in [0.25, 0.3) is 0 Å². The second kappa shape index (κ2) is 9.13. The van der Waals surface area contributed by atoms with Crippen molar-refractivity contribution in [2.45, 2.75) is 26.8 Å². The summed E-state index contributed by atoms with van der Waals surface area (Å²) in [5.74, 6) is -2.30. The summed E-state index contributed by atoms with van der Waals surface area (Å²) < 4.78 is 39.8. The minimum absolute atomic E-state index is 0.0550. The molecule has 0 radical (unpaired) electrons. The fraction of sp³-hybridized carbons (Fsp3) is 0.700. The van der Waals surface area contributed by atoms with Crippen LogP contribution in [0.1, 0.15) is 20.8 Å². The summed E-state index contributed by atoms with van der Waals surface area (Å²) in [7, 11) is -4.51. The zero-order valence-electron chi connectivity index (χ0n) is 11.9. The van der Waals surface area contributed by atoms with Gasteiger partial charge in [0.2, 0.25) is 6.04 Å². The maximum atomic E-state index is 11.6. The Hall–Kier alpha value is -1.88. The van der Waals surface area contributed by atoms with Gasteiger partial charge in [0.1, 0.15) is 0 Å². The third-order valence-electron chi connectivity index (χ3n) is 1.81. The van der Waals surface area contributed by atoms with E-state index in [1.54, 1.807) is 4.72 Å². The van der Waals surface area contributed by atoms with Crippen LogP contribution >= 0.6 is 0 Å². The first-order valence-corrected chi connectivity index (χ1v) is 7.55. The van der Waals surface area contributed by atoms with Gasteiger partial charge in [-0.25, -0.2) is 19.1 Å². The standard InChI is InChI=1S/C10H18N2O8S/c1-4-18-8(13)7(9(14)19-5-2)11-21(16,17)12-10(15)20-6-3/h7,11H,4-6H2,1-3H3,(H,12,15). The Morgan fingerprint density at radius 1 is 0.905 bits per heavy atom. The molecule has 0 aliphatic heterocycles. The highest BCUT2D eigenvalue weighted by atomic mass is 32.2. The number of carbonyl (C=O) groups excluding carboxylic acids is 3. The third kappa shape index (κ3) is 7.46. The highest BCUT2D eigenvalue weighted by Gasteiger charge is 2.34.